The van der Waals surface area contributed by atoms with Gasteiger partial charge in [0, 0.05) is 45.0 Å². The van der Waals surface area contributed by atoms with Gasteiger partial charge in [0.05, 0.1) is 0 Å². The van der Waals surface area contributed by atoms with Crippen molar-refractivity contribution in [1.82, 2.24) is 0 Å². The van der Waals surface area contributed by atoms with Crippen LogP contribution in [0.25, 0.3) is 44.5 Å². The Bertz CT molecular complexity index is 3320. The number of fused-ring (bicyclic) bond motifs is 22. The minimum atomic E-state index is -3.27. The van der Waals surface area contributed by atoms with Crippen molar-refractivity contribution in [3.05, 3.63) is 243 Å². The maximum absolute atomic E-state index is 3.27. The molecule has 0 atom stereocenters. The van der Waals surface area contributed by atoms with Crippen molar-refractivity contribution in [3.8, 4) is 44.5 Å². The average molecular weight is 839 g/mol. The molecule has 0 radical (unpaired) electrons. The number of anilines is 4. The lowest BCUT2D eigenvalue weighted by Gasteiger charge is -2.47. The van der Waals surface area contributed by atoms with E-state index in [1.807, 2.05) is 0 Å². The van der Waals surface area contributed by atoms with Crippen LogP contribution in [0.1, 0.15) is 0 Å². The summed E-state index contributed by atoms with van der Waals surface area (Å²) in [5.41, 5.74) is 20.8. The summed E-state index contributed by atoms with van der Waals surface area (Å²) in [5, 5.41) is 5.57. The third kappa shape index (κ3) is 4.96. The molecule has 5 heteroatoms. The van der Waals surface area contributed by atoms with Crippen molar-refractivity contribution < 1.29 is 0 Å². The molecule has 0 unspecified atom stereocenters. The molecule has 14 rings (SSSR count). The highest BCUT2D eigenvalue weighted by Gasteiger charge is 2.51. The fourth-order valence-corrected chi connectivity index (χ4v) is 17.7. The summed E-state index contributed by atoms with van der Waals surface area (Å²) in [4.78, 5) is 5.25. The Morgan fingerprint density at radius 1 is 0.246 bits per heavy atom. The van der Waals surface area contributed by atoms with E-state index in [-0.39, 0.29) is 13.7 Å². The Morgan fingerprint density at radius 2 is 0.554 bits per heavy atom. The van der Waals surface area contributed by atoms with Crippen molar-refractivity contribution in [2.75, 3.05) is 9.62 Å². The Hall–Kier alpha value is -7.85. The van der Waals surface area contributed by atoms with Crippen molar-refractivity contribution in [1.29, 1.82) is 0 Å². The smallest absolute Gasteiger partial charge is 0.329 e. The summed E-state index contributed by atoms with van der Waals surface area (Å²) in [5.74, 6) is 0. The minimum absolute atomic E-state index is 0.0121. The third-order valence-corrected chi connectivity index (χ3v) is 19.7. The monoisotopic (exact) mass is 838 g/mol. The molecule has 4 heterocycles. The summed E-state index contributed by atoms with van der Waals surface area (Å²) in [6, 6.07) is 92.3. The highest BCUT2D eigenvalue weighted by molar-refractivity contribution is 7.21. The lowest BCUT2D eigenvalue weighted by molar-refractivity contribution is 1.35. The molecule has 2 nitrogen and oxygen atoms in total. The maximum atomic E-state index is 2.63. The number of para-hydroxylation sites is 4. The molecule has 0 saturated heterocycles. The summed E-state index contributed by atoms with van der Waals surface area (Å²) in [6.07, 6.45) is 0. The first kappa shape index (κ1) is 36.6. The van der Waals surface area contributed by atoms with Crippen LogP contribution in [0.15, 0.2) is 243 Å². The number of hydrogen-bond acceptors (Lipinski definition) is 2. The molecule has 4 aliphatic rings. The van der Waals surface area contributed by atoms with Crippen molar-refractivity contribution in [2.45, 2.75) is 0 Å². The Kier molecular flexibility index (Phi) is 7.93. The molecule has 0 spiro atoms. The normalized spacial score (nSPS) is 13.4. The molecule has 0 fully saturated rings. The van der Waals surface area contributed by atoms with Crippen LogP contribution in [0.2, 0.25) is 0 Å². The van der Waals surface area contributed by atoms with E-state index in [0.29, 0.717) is 0 Å². The van der Waals surface area contributed by atoms with Crippen molar-refractivity contribution >= 4 is 87.1 Å². The first-order valence-corrected chi connectivity index (χ1v) is 24.8. The molecule has 300 valence electrons. The molecule has 0 bridgehead atoms. The largest absolute Gasteiger partial charge is 0.376 e. The Labute approximate surface area is 382 Å². The Morgan fingerprint density at radius 3 is 0.969 bits per heavy atom. The van der Waals surface area contributed by atoms with Crippen molar-refractivity contribution in [3.63, 3.8) is 0 Å². The van der Waals surface area contributed by atoms with Crippen LogP contribution < -0.4 is 52.2 Å². The fourth-order valence-electron chi connectivity index (χ4n) is 12.4. The van der Waals surface area contributed by atoms with Gasteiger partial charge in [0.15, 0.2) is 8.07 Å². The van der Waals surface area contributed by atoms with Gasteiger partial charge in [-0.1, -0.05) is 218 Å². The predicted molar refractivity (Wildman–Crippen MR) is 279 cm³/mol. The molecule has 0 saturated carbocycles. The van der Waals surface area contributed by atoms with Gasteiger partial charge in [-0.3, -0.25) is 0 Å². The molecule has 0 N–H and O–H groups in total. The summed E-state index contributed by atoms with van der Waals surface area (Å²) in [7, 11) is -3.27. The van der Waals surface area contributed by atoms with Gasteiger partial charge in [0.25, 0.3) is 0 Å². The quantitative estimate of drug-likeness (QED) is 0.129. The van der Waals surface area contributed by atoms with Crippen LogP contribution in [0.3, 0.4) is 0 Å². The van der Waals surface area contributed by atoms with Crippen molar-refractivity contribution in [2.24, 2.45) is 0 Å². The predicted octanol–water partition coefficient (Wildman–Crippen LogP) is 8.87. The molecule has 4 aliphatic heterocycles. The lowest BCUT2D eigenvalue weighted by Crippen LogP contribution is -2.77. The zero-order chi connectivity index (χ0) is 42.6. The lowest BCUT2D eigenvalue weighted by atomic mass is 9.43. The maximum Gasteiger partial charge on any atom is 0.329 e. The summed E-state index contributed by atoms with van der Waals surface area (Å²) >= 11 is 0. The van der Waals surface area contributed by atoms with Gasteiger partial charge < -0.3 is 9.62 Å². The van der Waals surface area contributed by atoms with E-state index in [1.165, 1.54) is 110 Å². The highest BCUT2D eigenvalue weighted by atomic mass is 28.3. The van der Waals surface area contributed by atoms with Gasteiger partial charge in [0.1, 0.15) is 0 Å². The van der Waals surface area contributed by atoms with E-state index in [4.69, 9.17) is 0 Å². The van der Waals surface area contributed by atoms with Crippen LogP contribution in [0.5, 0.6) is 0 Å². The van der Waals surface area contributed by atoms with Gasteiger partial charge in [-0.25, -0.2) is 0 Å². The molecule has 0 aliphatic carbocycles. The van der Waals surface area contributed by atoms with E-state index in [9.17, 15) is 0 Å². The van der Waals surface area contributed by atoms with Gasteiger partial charge in [-0.15, -0.1) is 0 Å². The first-order valence-electron chi connectivity index (χ1n) is 22.8. The second-order valence-electron chi connectivity index (χ2n) is 17.8. The second-order valence-corrected chi connectivity index (χ2v) is 21.5. The van der Waals surface area contributed by atoms with Crippen LogP contribution in [0, 0.1) is 0 Å². The molecule has 65 heavy (non-hydrogen) atoms. The van der Waals surface area contributed by atoms with E-state index < -0.39 is 8.07 Å². The zero-order valence-electron chi connectivity index (χ0n) is 35.6. The van der Waals surface area contributed by atoms with E-state index in [0.717, 1.165) is 0 Å². The summed E-state index contributed by atoms with van der Waals surface area (Å²) < 4.78 is 0. The number of nitrogens with zero attached hydrogens (tertiary/aromatic N) is 2. The minimum Gasteiger partial charge on any atom is -0.376 e. The zero-order valence-corrected chi connectivity index (χ0v) is 36.6. The van der Waals surface area contributed by atoms with Crippen LogP contribution in [-0.4, -0.2) is 21.8 Å². The highest BCUT2D eigenvalue weighted by Crippen LogP contribution is 2.48. The molecular weight excluding hydrogens is 798 g/mol. The average Bonchev–Trinajstić information content (AvgIpc) is 3.39. The molecule has 0 aromatic heterocycles. The third-order valence-electron chi connectivity index (χ3n) is 14.8. The summed E-state index contributed by atoms with van der Waals surface area (Å²) in [6.45, 7) is -0.0241. The Balaban J connectivity index is 1.13. The topological polar surface area (TPSA) is 6.48 Å². The first-order chi connectivity index (χ1) is 32.3. The van der Waals surface area contributed by atoms with E-state index in [2.05, 4.69) is 252 Å². The number of rotatable bonds is 4. The standard InChI is InChI=1S/C60H40B2N2Si/c1-3-21-41(22-4-1)65(42-23-5-2-6-24-42,57-39-19-33-51-59(57)47-29-11-17-37-55(47)63-53-35-15-9-27-45(53)43-25-7-13-31-49(43)61(51)63)58-40-20-34-52-60(58)48-30-12-18-38-56(48)64-54-36-16-10-28-46(54)44-26-8-14-32-50(44)62(52)64/h1-40H. The van der Waals surface area contributed by atoms with Gasteiger partial charge in [0.2, 0.25) is 0 Å². The van der Waals surface area contributed by atoms with Gasteiger partial charge in [-0.2, -0.15) is 0 Å². The second kappa shape index (κ2) is 14.1. The molecule has 0 amide bonds. The number of benzene rings is 10. The fraction of sp³-hybridized carbons (Fsp3) is 0. The van der Waals surface area contributed by atoms with E-state index >= 15 is 0 Å². The number of hydrogen-bond donors (Lipinski definition) is 0. The molecule has 10 aromatic rings. The molecular formula is C60H40B2N2Si. The van der Waals surface area contributed by atoms with E-state index in [1.54, 1.807) is 0 Å². The van der Waals surface area contributed by atoms with Gasteiger partial charge in [-0.05, 0) is 89.1 Å². The molecule has 10 aromatic carbocycles. The van der Waals surface area contributed by atoms with Gasteiger partial charge >= 0.3 is 13.7 Å². The van der Waals surface area contributed by atoms with Crippen LogP contribution >= 0.6 is 0 Å². The van der Waals surface area contributed by atoms with Crippen LogP contribution in [0.4, 0.5) is 22.7 Å². The SMILES string of the molecule is c1ccc([Si](c2ccccc2)(c2cccc3c2-c2ccccc2N2B3c3ccccc3-c3ccccc32)c2cccc3c2-c2ccccc2N2B3c3ccccc3-c3ccccc32)cc1. The van der Waals surface area contributed by atoms with Crippen LogP contribution in [-0.2, 0) is 0 Å².